The third kappa shape index (κ3) is 3.26. The summed E-state index contributed by atoms with van der Waals surface area (Å²) in [5, 5.41) is -0.163. The van der Waals surface area contributed by atoms with E-state index in [9.17, 15) is 13.2 Å². The lowest BCUT2D eigenvalue weighted by Crippen LogP contribution is -2.05. The normalized spacial score (nSPS) is 11.6. The van der Waals surface area contributed by atoms with Crippen LogP contribution < -0.4 is 0 Å². The summed E-state index contributed by atoms with van der Waals surface area (Å²) in [5.41, 5.74) is 1.16. The summed E-state index contributed by atoms with van der Waals surface area (Å²) in [6.45, 7) is 2.01. The molecule has 0 aliphatic rings. The van der Waals surface area contributed by atoms with Crippen LogP contribution >= 0.6 is 11.6 Å². The molecule has 0 unspecified atom stereocenters. The summed E-state index contributed by atoms with van der Waals surface area (Å²) in [6, 6.07) is 9.06. The first kappa shape index (κ1) is 13.9. The molecule has 0 aliphatic heterocycles. The van der Waals surface area contributed by atoms with Crippen molar-refractivity contribution in [1.82, 2.24) is 4.98 Å². The first-order valence-electron chi connectivity index (χ1n) is 5.74. The third-order valence-corrected chi connectivity index (χ3v) is 2.97. The minimum atomic E-state index is -4.43. The van der Waals surface area contributed by atoms with Crippen molar-refractivity contribution in [3.63, 3.8) is 0 Å². The molecular weight excluding hydrogens is 275 g/mol. The van der Waals surface area contributed by atoms with Gasteiger partial charge in [0, 0.05) is 5.56 Å². The number of hydrogen-bond acceptors (Lipinski definition) is 1. The summed E-state index contributed by atoms with van der Waals surface area (Å²) < 4.78 is 38.1. The van der Waals surface area contributed by atoms with Gasteiger partial charge in [-0.2, -0.15) is 13.2 Å². The van der Waals surface area contributed by atoms with Gasteiger partial charge in [-0.3, -0.25) is 0 Å². The van der Waals surface area contributed by atoms with E-state index in [0.29, 0.717) is 5.56 Å². The van der Waals surface area contributed by atoms with Crippen molar-refractivity contribution >= 4 is 11.6 Å². The number of pyridine rings is 1. The van der Waals surface area contributed by atoms with Crippen LogP contribution in [0, 0.1) is 0 Å². The van der Waals surface area contributed by atoms with E-state index in [1.807, 2.05) is 19.1 Å². The number of aromatic nitrogens is 1. The molecule has 0 fully saturated rings. The fraction of sp³-hybridized carbons (Fsp3) is 0.214. The predicted molar refractivity (Wildman–Crippen MR) is 69.1 cm³/mol. The Labute approximate surface area is 114 Å². The Kier molecular flexibility index (Phi) is 3.80. The lowest BCUT2D eigenvalue weighted by molar-refractivity contribution is -0.137. The van der Waals surface area contributed by atoms with Crippen LogP contribution in [-0.2, 0) is 12.6 Å². The zero-order valence-electron chi connectivity index (χ0n) is 10.1. The van der Waals surface area contributed by atoms with Crippen LogP contribution in [0.2, 0.25) is 5.15 Å². The molecule has 5 heteroatoms. The highest BCUT2D eigenvalue weighted by Gasteiger charge is 2.31. The summed E-state index contributed by atoms with van der Waals surface area (Å²) >= 11 is 5.65. The number of rotatable bonds is 2. The average Bonchev–Trinajstić information content (AvgIpc) is 2.37. The Morgan fingerprint density at radius 1 is 1.11 bits per heavy atom. The van der Waals surface area contributed by atoms with Crippen LogP contribution in [0.15, 0.2) is 36.4 Å². The standard InChI is InChI=1S/C14H11ClF3N/c1-2-9-3-5-10(6-4-9)12-7-11(14(16,17)18)8-13(15)19-12/h3-8H,2H2,1H3. The van der Waals surface area contributed by atoms with Crippen molar-refractivity contribution in [2.45, 2.75) is 19.5 Å². The zero-order valence-corrected chi connectivity index (χ0v) is 10.9. The van der Waals surface area contributed by atoms with Crippen molar-refractivity contribution in [1.29, 1.82) is 0 Å². The van der Waals surface area contributed by atoms with Gasteiger partial charge in [0.25, 0.3) is 0 Å². The molecule has 0 bridgehead atoms. The smallest absolute Gasteiger partial charge is 0.236 e. The van der Waals surface area contributed by atoms with Gasteiger partial charge in [0.05, 0.1) is 11.3 Å². The van der Waals surface area contributed by atoms with Crippen LogP contribution in [0.4, 0.5) is 13.2 Å². The lowest BCUT2D eigenvalue weighted by atomic mass is 10.1. The first-order valence-corrected chi connectivity index (χ1v) is 6.12. The van der Waals surface area contributed by atoms with E-state index < -0.39 is 11.7 Å². The summed E-state index contributed by atoms with van der Waals surface area (Å²) in [6.07, 6.45) is -3.55. The van der Waals surface area contributed by atoms with Crippen molar-refractivity contribution in [2.75, 3.05) is 0 Å². The Bertz CT molecular complexity index is 576. The molecule has 0 saturated carbocycles. The van der Waals surface area contributed by atoms with Crippen molar-refractivity contribution in [3.05, 3.63) is 52.7 Å². The molecule has 1 nitrogen and oxygen atoms in total. The molecule has 0 amide bonds. The van der Waals surface area contributed by atoms with E-state index in [1.165, 1.54) is 0 Å². The second-order valence-corrected chi connectivity index (χ2v) is 4.50. The molecule has 2 aromatic rings. The maximum absolute atomic E-state index is 12.7. The topological polar surface area (TPSA) is 12.9 Å². The SMILES string of the molecule is CCc1ccc(-c2cc(C(F)(F)F)cc(Cl)n2)cc1. The molecule has 0 spiro atoms. The number of benzene rings is 1. The van der Waals surface area contributed by atoms with Gasteiger partial charge in [0.1, 0.15) is 5.15 Å². The highest BCUT2D eigenvalue weighted by Crippen LogP contribution is 2.33. The van der Waals surface area contributed by atoms with Gasteiger partial charge < -0.3 is 0 Å². The Balaban J connectivity index is 2.46. The van der Waals surface area contributed by atoms with Gasteiger partial charge >= 0.3 is 6.18 Å². The minimum Gasteiger partial charge on any atom is -0.236 e. The zero-order chi connectivity index (χ0) is 14.0. The summed E-state index contributed by atoms with van der Waals surface area (Å²) in [5.74, 6) is 0. The van der Waals surface area contributed by atoms with E-state index in [4.69, 9.17) is 11.6 Å². The molecule has 0 atom stereocenters. The fourth-order valence-corrected chi connectivity index (χ4v) is 1.93. The Hall–Kier alpha value is -1.55. The molecule has 0 saturated heterocycles. The highest BCUT2D eigenvalue weighted by molar-refractivity contribution is 6.29. The van der Waals surface area contributed by atoms with E-state index >= 15 is 0 Å². The maximum atomic E-state index is 12.7. The van der Waals surface area contributed by atoms with Crippen LogP contribution in [0.25, 0.3) is 11.3 Å². The van der Waals surface area contributed by atoms with Crippen molar-refractivity contribution in [3.8, 4) is 11.3 Å². The second kappa shape index (κ2) is 5.21. The van der Waals surface area contributed by atoms with Gasteiger partial charge in [-0.15, -0.1) is 0 Å². The molecule has 1 heterocycles. The molecule has 0 aliphatic carbocycles. The Morgan fingerprint density at radius 3 is 2.26 bits per heavy atom. The summed E-state index contributed by atoms with van der Waals surface area (Å²) in [4.78, 5) is 3.94. The molecule has 0 radical (unpaired) electrons. The van der Waals surface area contributed by atoms with Gasteiger partial charge in [-0.25, -0.2) is 4.98 Å². The molecule has 19 heavy (non-hydrogen) atoms. The fourth-order valence-electron chi connectivity index (χ4n) is 1.72. The van der Waals surface area contributed by atoms with E-state index in [-0.39, 0.29) is 10.8 Å². The van der Waals surface area contributed by atoms with Crippen LogP contribution in [0.3, 0.4) is 0 Å². The molecule has 2 rings (SSSR count). The van der Waals surface area contributed by atoms with Gasteiger partial charge in [-0.1, -0.05) is 42.8 Å². The maximum Gasteiger partial charge on any atom is 0.416 e. The molecule has 1 aromatic heterocycles. The monoisotopic (exact) mass is 285 g/mol. The number of halogens is 4. The minimum absolute atomic E-state index is 0.163. The van der Waals surface area contributed by atoms with Crippen molar-refractivity contribution in [2.24, 2.45) is 0 Å². The molecule has 100 valence electrons. The third-order valence-electron chi connectivity index (χ3n) is 2.78. The number of nitrogens with zero attached hydrogens (tertiary/aromatic N) is 1. The predicted octanol–water partition coefficient (Wildman–Crippen LogP) is 4.98. The van der Waals surface area contributed by atoms with E-state index in [2.05, 4.69) is 4.98 Å². The average molecular weight is 286 g/mol. The van der Waals surface area contributed by atoms with Crippen LogP contribution in [0.1, 0.15) is 18.1 Å². The van der Waals surface area contributed by atoms with Gasteiger partial charge in [0.15, 0.2) is 0 Å². The van der Waals surface area contributed by atoms with E-state index in [1.54, 1.807) is 12.1 Å². The second-order valence-electron chi connectivity index (χ2n) is 4.11. The summed E-state index contributed by atoms with van der Waals surface area (Å²) in [7, 11) is 0. The molecular formula is C14H11ClF3N. The van der Waals surface area contributed by atoms with Crippen molar-refractivity contribution < 1.29 is 13.2 Å². The largest absolute Gasteiger partial charge is 0.416 e. The lowest BCUT2D eigenvalue weighted by Gasteiger charge is -2.09. The van der Waals surface area contributed by atoms with Crippen LogP contribution in [0.5, 0.6) is 0 Å². The number of aryl methyl sites for hydroxylation is 1. The van der Waals surface area contributed by atoms with Crippen LogP contribution in [-0.4, -0.2) is 4.98 Å². The van der Waals surface area contributed by atoms with Gasteiger partial charge in [-0.05, 0) is 24.1 Å². The molecule has 1 aromatic carbocycles. The van der Waals surface area contributed by atoms with Gasteiger partial charge in [0.2, 0.25) is 0 Å². The highest BCUT2D eigenvalue weighted by atomic mass is 35.5. The number of hydrogen-bond donors (Lipinski definition) is 0. The Morgan fingerprint density at radius 2 is 1.74 bits per heavy atom. The quantitative estimate of drug-likeness (QED) is 0.709. The first-order chi connectivity index (χ1) is 8.90. The van der Waals surface area contributed by atoms with E-state index in [0.717, 1.165) is 24.1 Å². The molecule has 0 N–H and O–H groups in total. The number of alkyl halides is 3.